The zero-order valence-electron chi connectivity index (χ0n) is 19.9. The molecule has 180 valence electrons. The molecule has 8 heteroatoms. The highest BCUT2D eigenvalue weighted by Crippen LogP contribution is 2.39. The number of rotatable bonds is 7. The van der Waals surface area contributed by atoms with E-state index in [1.54, 1.807) is 14.0 Å². The zero-order chi connectivity index (χ0) is 23.5. The van der Waals surface area contributed by atoms with Crippen molar-refractivity contribution in [2.75, 3.05) is 20.0 Å². The van der Waals surface area contributed by atoms with E-state index in [2.05, 4.69) is 36.2 Å². The van der Waals surface area contributed by atoms with Gasteiger partial charge in [-0.15, -0.1) is 16.7 Å². The van der Waals surface area contributed by atoms with Gasteiger partial charge in [0.25, 0.3) is 0 Å². The van der Waals surface area contributed by atoms with E-state index in [1.807, 2.05) is 6.92 Å². The van der Waals surface area contributed by atoms with Crippen LogP contribution >= 0.6 is 11.6 Å². The number of nitrogens with zero attached hydrogens (tertiary/aromatic N) is 2. The fourth-order valence-corrected chi connectivity index (χ4v) is 5.18. The molecule has 0 N–H and O–H groups in total. The van der Waals surface area contributed by atoms with Gasteiger partial charge >= 0.3 is 0 Å². The number of hydrazone groups is 1. The van der Waals surface area contributed by atoms with Crippen molar-refractivity contribution in [2.24, 2.45) is 11.0 Å². The van der Waals surface area contributed by atoms with Gasteiger partial charge in [-0.05, 0) is 64.9 Å². The van der Waals surface area contributed by atoms with Crippen LogP contribution in [0, 0.1) is 5.92 Å². The molecule has 2 aliphatic carbocycles. The largest absolute Gasteiger partial charge is 0.499 e. The van der Waals surface area contributed by atoms with Gasteiger partial charge in [0.15, 0.2) is 0 Å². The first-order chi connectivity index (χ1) is 15.0. The van der Waals surface area contributed by atoms with Crippen LogP contribution in [0.1, 0.15) is 59.3 Å². The SMILES string of the molecule is COC1=CC=C(C)CCC1N1N=C(OCCC(C)S(C)(=O)=O)CC1C1C=CC(C)(Cl)CC1. The Labute approximate surface area is 198 Å². The van der Waals surface area contributed by atoms with Gasteiger partial charge in [-0.25, -0.2) is 8.42 Å². The lowest BCUT2D eigenvalue weighted by molar-refractivity contribution is 0.0968. The van der Waals surface area contributed by atoms with Crippen LogP contribution in [0.2, 0.25) is 0 Å². The molecule has 0 aromatic rings. The van der Waals surface area contributed by atoms with Gasteiger partial charge < -0.3 is 9.47 Å². The molecule has 0 radical (unpaired) electrons. The first kappa shape index (κ1) is 25.2. The highest BCUT2D eigenvalue weighted by molar-refractivity contribution is 7.91. The minimum Gasteiger partial charge on any atom is -0.499 e. The van der Waals surface area contributed by atoms with E-state index in [9.17, 15) is 8.42 Å². The van der Waals surface area contributed by atoms with Crippen molar-refractivity contribution in [2.45, 2.75) is 81.5 Å². The minimum absolute atomic E-state index is 0.0347. The Hall–Kier alpha value is -1.47. The summed E-state index contributed by atoms with van der Waals surface area (Å²) in [5.41, 5.74) is 1.32. The quantitative estimate of drug-likeness (QED) is 0.383. The molecule has 3 aliphatic rings. The van der Waals surface area contributed by atoms with Crippen molar-refractivity contribution in [3.05, 3.63) is 35.6 Å². The molecular weight excluding hydrogens is 448 g/mol. The van der Waals surface area contributed by atoms with Crippen molar-refractivity contribution >= 4 is 27.3 Å². The van der Waals surface area contributed by atoms with Gasteiger partial charge in [0.1, 0.15) is 21.6 Å². The van der Waals surface area contributed by atoms with E-state index in [1.165, 1.54) is 11.8 Å². The lowest BCUT2D eigenvalue weighted by Crippen LogP contribution is -2.43. The van der Waals surface area contributed by atoms with Gasteiger partial charge in [-0.2, -0.15) is 0 Å². The molecule has 3 rings (SSSR count). The monoisotopic (exact) mass is 484 g/mol. The molecule has 5 unspecified atom stereocenters. The topological polar surface area (TPSA) is 68.2 Å². The van der Waals surface area contributed by atoms with Crippen molar-refractivity contribution < 1.29 is 17.9 Å². The first-order valence-corrected chi connectivity index (χ1v) is 13.8. The van der Waals surface area contributed by atoms with Gasteiger partial charge in [-0.1, -0.05) is 23.8 Å². The minimum atomic E-state index is -3.07. The lowest BCUT2D eigenvalue weighted by Gasteiger charge is -2.37. The van der Waals surface area contributed by atoms with Crippen LogP contribution in [-0.2, 0) is 19.3 Å². The summed E-state index contributed by atoms with van der Waals surface area (Å²) in [4.78, 5) is -0.289. The predicted octanol–water partition coefficient (Wildman–Crippen LogP) is 4.82. The molecular formula is C24H37ClN2O4S. The Morgan fingerprint density at radius 2 is 2.09 bits per heavy atom. The molecule has 0 aromatic carbocycles. The molecule has 6 nitrogen and oxygen atoms in total. The van der Waals surface area contributed by atoms with Crippen molar-refractivity contribution in [1.82, 2.24) is 5.01 Å². The molecule has 0 saturated heterocycles. The summed E-state index contributed by atoms with van der Waals surface area (Å²) in [6.45, 7) is 6.25. The smallest absolute Gasteiger partial charge is 0.208 e. The molecule has 0 amide bonds. The Kier molecular flexibility index (Phi) is 8.02. The standard InChI is InChI=1S/C24H37ClN2O4S/c1-17-6-8-20(22(30-4)9-7-17)27-21(19-10-13-24(3,25)14-11-19)16-23(26-27)31-15-12-18(2)32(5,28)29/h7,9-10,13,18-21H,6,8,11-12,14-16H2,1-5H3. The van der Waals surface area contributed by atoms with Crippen LogP contribution in [-0.4, -0.2) is 61.5 Å². The Bertz CT molecular complexity index is 907. The average molecular weight is 485 g/mol. The molecule has 0 fully saturated rings. The highest BCUT2D eigenvalue weighted by Gasteiger charge is 2.40. The molecule has 32 heavy (non-hydrogen) atoms. The highest BCUT2D eigenvalue weighted by atomic mass is 35.5. The summed E-state index contributed by atoms with van der Waals surface area (Å²) < 4.78 is 35.2. The van der Waals surface area contributed by atoms with Crippen LogP contribution in [0.15, 0.2) is 40.7 Å². The number of hydrogen-bond donors (Lipinski definition) is 0. The third kappa shape index (κ3) is 6.31. The molecule has 0 aromatic heterocycles. The molecule has 1 heterocycles. The van der Waals surface area contributed by atoms with Crippen molar-refractivity contribution in [3.8, 4) is 0 Å². The summed E-state index contributed by atoms with van der Waals surface area (Å²) in [6, 6.07) is 0.191. The first-order valence-electron chi connectivity index (χ1n) is 11.5. The molecule has 0 spiro atoms. The number of halogens is 1. The van der Waals surface area contributed by atoms with E-state index < -0.39 is 15.1 Å². The van der Waals surface area contributed by atoms with Crippen LogP contribution in [0.5, 0.6) is 0 Å². The third-order valence-corrected chi connectivity index (χ3v) is 8.87. The van der Waals surface area contributed by atoms with E-state index in [0.29, 0.717) is 31.3 Å². The Morgan fingerprint density at radius 3 is 2.72 bits per heavy atom. The summed E-state index contributed by atoms with van der Waals surface area (Å²) >= 11 is 6.54. The molecule has 0 bridgehead atoms. The number of ether oxygens (including phenoxy) is 2. The summed E-state index contributed by atoms with van der Waals surface area (Å²) in [5.74, 6) is 1.90. The van der Waals surface area contributed by atoms with Gasteiger partial charge in [-0.3, -0.25) is 5.01 Å². The van der Waals surface area contributed by atoms with Crippen LogP contribution < -0.4 is 0 Å². The summed E-state index contributed by atoms with van der Waals surface area (Å²) in [7, 11) is -1.35. The third-order valence-electron chi connectivity index (χ3n) is 6.85. The Balaban J connectivity index is 1.78. The lowest BCUT2D eigenvalue weighted by atomic mass is 9.83. The van der Waals surface area contributed by atoms with Crippen molar-refractivity contribution in [1.29, 1.82) is 0 Å². The number of allylic oxidation sites excluding steroid dienone is 4. The van der Waals surface area contributed by atoms with Gasteiger partial charge in [0.05, 0.1) is 29.9 Å². The second kappa shape index (κ2) is 10.2. The predicted molar refractivity (Wildman–Crippen MR) is 131 cm³/mol. The summed E-state index contributed by atoms with van der Waals surface area (Å²) in [5, 5.41) is 6.63. The van der Waals surface area contributed by atoms with E-state index in [4.69, 9.17) is 26.2 Å². The summed E-state index contributed by atoms with van der Waals surface area (Å²) in [6.07, 6.45) is 14.7. The maximum Gasteiger partial charge on any atom is 0.208 e. The van der Waals surface area contributed by atoms with Gasteiger partial charge in [0, 0.05) is 12.7 Å². The van der Waals surface area contributed by atoms with E-state index in [-0.39, 0.29) is 17.0 Å². The fourth-order valence-electron chi connectivity index (χ4n) is 4.47. The second-order valence-electron chi connectivity index (χ2n) is 9.60. The number of alkyl halides is 1. The molecule has 1 aliphatic heterocycles. The van der Waals surface area contributed by atoms with Crippen LogP contribution in [0.4, 0.5) is 0 Å². The molecule has 0 saturated carbocycles. The fraction of sp³-hybridized carbons (Fsp3) is 0.708. The van der Waals surface area contributed by atoms with E-state index in [0.717, 1.165) is 31.4 Å². The van der Waals surface area contributed by atoms with Crippen LogP contribution in [0.25, 0.3) is 0 Å². The molecule has 5 atom stereocenters. The second-order valence-corrected chi connectivity index (χ2v) is 12.9. The maximum atomic E-state index is 11.7. The average Bonchev–Trinajstić information content (AvgIpc) is 3.03. The number of hydrogen-bond acceptors (Lipinski definition) is 6. The number of methoxy groups -OCH3 is 1. The van der Waals surface area contributed by atoms with Crippen LogP contribution in [0.3, 0.4) is 0 Å². The number of sulfone groups is 1. The normalized spacial score (nSPS) is 32.0. The Morgan fingerprint density at radius 1 is 1.34 bits per heavy atom. The maximum absolute atomic E-state index is 11.7. The van der Waals surface area contributed by atoms with E-state index >= 15 is 0 Å². The zero-order valence-corrected chi connectivity index (χ0v) is 21.5. The van der Waals surface area contributed by atoms with Crippen molar-refractivity contribution in [3.63, 3.8) is 0 Å². The van der Waals surface area contributed by atoms with Gasteiger partial charge in [0.2, 0.25) is 5.90 Å².